The van der Waals surface area contributed by atoms with Crippen LogP contribution in [0.5, 0.6) is 0 Å². The number of hydrogen-bond donors (Lipinski definition) is 4. The molecule has 0 rings (SSSR count). The Bertz CT molecular complexity index is 885. The Morgan fingerprint density at radius 1 is 0.646 bits per heavy atom. The fourth-order valence-corrected chi connectivity index (χ4v) is 5.85. The molecule has 282 valence electrons. The number of amides is 1. The molecule has 0 fully saturated rings. The lowest BCUT2D eigenvalue weighted by atomic mass is 10.1. The van der Waals surface area contributed by atoms with E-state index < -0.39 is 57.6 Å². The van der Waals surface area contributed by atoms with E-state index in [2.05, 4.69) is 31.3 Å². The molecule has 0 saturated carbocycles. The first-order chi connectivity index (χ1) is 23.1. The van der Waals surface area contributed by atoms with E-state index in [-0.39, 0.29) is 12.8 Å². The maximum atomic E-state index is 12.2. The van der Waals surface area contributed by atoms with Crippen LogP contribution in [0, 0.1) is 0 Å². The Morgan fingerprint density at radius 3 is 1.58 bits per heavy atom. The summed E-state index contributed by atoms with van der Waals surface area (Å²) in [6, 6.07) is -1.54. The highest BCUT2D eigenvalue weighted by molar-refractivity contribution is 7.47. The van der Waals surface area contributed by atoms with Gasteiger partial charge in [-0.1, -0.05) is 129 Å². The number of carboxylic acids is 1. The van der Waals surface area contributed by atoms with Crippen molar-refractivity contribution in [3.63, 3.8) is 0 Å². The summed E-state index contributed by atoms with van der Waals surface area (Å²) in [5.41, 5.74) is 0. The molecule has 3 atom stereocenters. The van der Waals surface area contributed by atoms with Gasteiger partial charge in [0.1, 0.15) is 12.7 Å². The van der Waals surface area contributed by atoms with Crippen LogP contribution in [0.25, 0.3) is 0 Å². The molecule has 1 amide bonds. The quantitative estimate of drug-likeness (QED) is 0.0217. The number of nitrogens with one attached hydrogen (secondary N) is 1. The number of aliphatic hydroxyl groups is 1. The SMILES string of the molecule is CCCCCCCC/C=C\CCCCCCCCCC(=O)OCC(O)COP(=O)(O)OCC(NC(=O)CCCCCCCCC)C(=O)O. The number of ether oxygens (including phenoxy) is 1. The topological polar surface area (TPSA) is 169 Å². The van der Waals surface area contributed by atoms with Crippen molar-refractivity contribution in [3.8, 4) is 0 Å². The van der Waals surface area contributed by atoms with Crippen molar-refractivity contribution in [3.05, 3.63) is 12.2 Å². The first kappa shape index (κ1) is 46.2. The Morgan fingerprint density at radius 2 is 1.08 bits per heavy atom. The van der Waals surface area contributed by atoms with E-state index in [9.17, 15) is 34.1 Å². The van der Waals surface area contributed by atoms with E-state index in [1.54, 1.807) is 0 Å². The van der Waals surface area contributed by atoms with E-state index in [4.69, 9.17) is 13.8 Å². The third-order valence-corrected chi connectivity index (χ3v) is 9.01. The Labute approximate surface area is 290 Å². The predicted molar refractivity (Wildman–Crippen MR) is 190 cm³/mol. The number of allylic oxidation sites excluding steroid dienone is 2. The number of phosphoric acid groups is 1. The van der Waals surface area contributed by atoms with Crippen LogP contribution in [0.4, 0.5) is 0 Å². The lowest BCUT2D eigenvalue weighted by Crippen LogP contribution is -2.43. The summed E-state index contributed by atoms with van der Waals surface area (Å²) in [5.74, 6) is -2.38. The smallest absolute Gasteiger partial charge is 0.472 e. The highest BCUT2D eigenvalue weighted by Crippen LogP contribution is 2.43. The summed E-state index contributed by atoms with van der Waals surface area (Å²) in [5, 5.41) is 21.6. The number of esters is 1. The number of hydrogen-bond acceptors (Lipinski definition) is 8. The van der Waals surface area contributed by atoms with Crippen molar-refractivity contribution in [2.24, 2.45) is 0 Å². The lowest BCUT2D eigenvalue weighted by molar-refractivity contribution is -0.147. The fourth-order valence-electron chi connectivity index (χ4n) is 5.07. The number of carboxylic acid groups (broad SMARTS) is 1. The third kappa shape index (κ3) is 31.5. The summed E-state index contributed by atoms with van der Waals surface area (Å²) in [4.78, 5) is 45.4. The van der Waals surface area contributed by atoms with Crippen molar-refractivity contribution in [2.75, 3.05) is 19.8 Å². The van der Waals surface area contributed by atoms with E-state index in [0.717, 1.165) is 57.8 Å². The minimum absolute atomic E-state index is 0.146. The molecule has 4 N–H and O–H groups in total. The van der Waals surface area contributed by atoms with Crippen molar-refractivity contribution < 1.29 is 47.8 Å². The Balaban J connectivity index is 3.89. The monoisotopic (exact) mass is 705 g/mol. The van der Waals surface area contributed by atoms with Gasteiger partial charge in [0.05, 0.1) is 13.2 Å². The van der Waals surface area contributed by atoms with Gasteiger partial charge in [0, 0.05) is 12.8 Å². The highest BCUT2D eigenvalue weighted by Gasteiger charge is 2.28. The van der Waals surface area contributed by atoms with Crippen LogP contribution in [0.1, 0.15) is 168 Å². The lowest BCUT2D eigenvalue weighted by Gasteiger charge is -2.18. The first-order valence-electron chi connectivity index (χ1n) is 18.7. The van der Waals surface area contributed by atoms with Crippen molar-refractivity contribution in [1.82, 2.24) is 5.32 Å². The van der Waals surface area contributed by atoms with E-state index >= 15 is 0 Å². The molecule has 0 saturated heterocycles. The molecule has 12 heteroatoms. The van der Waals surface area contributed by atoms with Crippen molar-refractivity contribution in [2.45, 2.75) is 180 Å². The molecule has 0 aromatic heterocycles. The number of rotatable bonds is 35. The molecule has 3 unspecified atom stereocenters. The van der Waals surface area contributed by atoms with Gasteiger partial charge in [-0.05, 0) is 38.5 Å². The fraction of sp³-hybridized carbons (Fsp3) is 0.861. The zero-order valence-corrected chi connectivity index (χ0v) is 30.9. The van der Waals surface area contributed by atoms with Crippen LogP contribution < -0.4 is 5.32 Å². The first-order valence-corrected chi connectivity index (χ1v) is 20.2. The summed E-state index contributed by atoms with van der Waals surface area (Å²) in [6.07, 6.45) is 28.5. The van der Waals surface area contributed by atoms with Crippen molar-refractivity contribution in [1.29, 1.82) is 0 Å². The summed E-state index contributed by atoms with van der Waals surface area (Å²) < 4.78 is 26.6. The molecule has 0 aliphatic heterocycles. The molecule has 11 nitrogen and oxygen atoms in total. The van der Waals surface area contributed by atoms with Gasteiger partial charge in [0.15, 0.2) is 6.04 Å². The van der Waals surface area contributed by atoms with Crippen LogP contribution in [-0.4, -0.2) is 64.9 Å². The average Bonchev–Trinajstić information content (AvgIpc) is 3.05. The maximum Gasteiger partial charge on any atom is 0.472 e. The average molecular weight is 706 g/mol. The molecule has 0 heterocycles. The van der Waals surface area contributed by atoms with Gasteiger partial charge >= 0.3 is 19.8 Å². The van der Waals surface area contributed by atoms with Gasteiger partial charge in [-0.3, -0.25) is 18.6 Å². The molecule has 0 aromatic carbocycles. The van der Waals surface area contributed by atoms with Crippen LogP contribution in [0.15, 0.2) is 12.2 Å². The van der Waals surface area contributed by atoms with Gasteiger partial charge in [0.2, 0.25) is 5.91 Å². The molecule has 0 radical (unpaired) electrons. The largest absolute Gasteiger partial charge is 0.480 e. The Kier molecular flexibility index (Phi) is 31.2. The van der Waals surface area contributed by atoms with Gasteiger partial charge in [0.25, 0.3) is 0 Å². The molecule has 48 heavy (non-hydrogen) atoms. The zero-order chi connectivity index (χ0) is 35.7. The van der Waals surface area contributed by atoms with E-state index in [1.165, 1.54) is 70.6 Å². The van der Waals surface area contributed by atoms with Crippen LogP contribution in [0.3, 0.4) is 0 Å². The van der Waals surface area contributed by atoms with Crippen LogP contribution in [-0.2, 0) is 32.7 Å². The zero-order valence-electron chi connectivity index (χ0n) is 30.0. The van der Waals surface area contributed by atoms with Gasteiger partial charge < -0.3 is 25.2 Å². The van der Waals surface area contributed by atoms with Gasteiger partial charge in [-0.2, -0.15) is 0 Å². The second kappa shape index (κ2) is 32.4. The molecule has 0 spiro atoms. The number of unbranched alkanes of at least 4 members (excludes halogenated alkanes) is 19. The maximum absolute atomic E-state index is 12.2. The summed E-state index contributed by atoms with van der Waals surface area (Å²) in [7, 11) is -4.74. The minimum Gasteiger partial charge on any atom is -0.480 e. The Hall–Kier alpha value is -1.78. The standard InChI is InChI=1S/C36H68NO10P/c1-3-5-7-9-11-12-13-14-15-16-17-18-19-20-22-24-26-28-35(40)45-29-32(38)30-46-48(43,44)47-31-33(36(41)42)37-34(39)27-25-23-21-10-8-6-4-2/h14-15,32-33,38H,3-13,16-31H2,1-2H3,(H,37,39)(H,41,42)(H,43,44)/b15-14-. The number of aliphatic hydroxyl groups excluding tert-OH is 1. The van der Waals surface area contributed by atoms with Crippen LogP contribution >= 0.6 is 7.82 Å². The minimum atomic E-state index is -4.74. The number of phosphoric ester groups is 1. The molecule has 0 aromatic rings. The second-order valence-electron chi connectivity index (χ2n) is 12.8. The number of carbonyl (C=O) groups is 3. The molecule has 0 aliphatic rings. The third-order valence-electron chi connectivity index (χ3n) is 8.05. The summed E-state index contributed by atoms with van der Waals surface area (Å²) in [6.45, 7) is 2.50. The number of carbonyl (C=O) groups excluding carboxylic acids is 2. The molecular weight excluding hydrogens is 637 g/mol. The van der Waals surface area contributed by atoms with Crippen LogP contribution in [0.2, 0.25) is 0 Å². The van der Waals surface area contributed by atoms with E-state index in [0.29, 0.717) is 12.8 Å². The van der Waals surface area contributed by atoms with Gasteiger partial charge in [-0.15, -0.1) is 0 Å². The molecular formula is C36H68NO10P. The normalized spacial score (nSPS) is 14.1. The predicted octanol–water partition coefficient (Wildman–Crippen LogP) is 8.55. The van der Waals surface area contributed by atoms with Gasteiger partial charge in [-0.25, -0.2) is 9.36 Å². The van der Waals surface area contributed by atoms with E-state index in [1.807, 2.05) is 0 Å². The highest BCUT2D eigenvalue weighted by atomic mass is 31.2. The second-order valence-corrected chi connectivity index (χ2v) is 14.2. The molecule has 0 bridgehead atoms. The number of aliphatic carboxylic acids is 1. The molecule has 0 aliphatic carbocycles. The van der Waals surface area contributed by atoms with Crippen molar-refractivity contribution >= 4 is 25.7 Å². The summed E-state index contributed by atoms with van der Waals surface area (Å²) >= 11 is 0.